The Morgan fingerprint density at radius 2 is 1.93 bits per heavy atom. The van der Waals surface area contributed by atoms with E-state index in [4.69, 9.17) is 0 Å². The van der Waals surface area contributed by atoms with Crippen molar-refractivity contribution < 1.29 is 22.8 Å². The zero-order chi connectivity index (χ0) is 20.8. The molecule has 2 fully saturated rings. The minimum absolute atomic E-state index is 0.0280. The second-order valence-corrected chi connectivity index (χ2v) is 9.87. The zero-order valence-electron chi connectivity index (χ0n) is 15.8. The average molecular weight is 415 g/mol. The summed E-state index contributed by atoms with van der Waals surface area (Å²) in [6.07, 6.45) is 0.335. The summed E-state index contributed by atoms with van der Waals surface area (Å²) in [6, 6.07) is 11.9. The lowest BCUT2D eigenvalue weighted by atomic mass is 9.88. The SMILES string of the molecule is C[C@]1(c2cccc3ccccc23)NC(=O)N(CC(=O)N[C@H]2CCS(=O)(=O)C2)C1=O. The summed E-state index contributed by atoms with van der Waals surface area (Å²) in [4.78, 5) is 38.8. The summed E-state index contributed by atoms with van der Waals surface area (Å²) in [5.74, 6) is -1.17. The van der Waals surface area contributed by atoms with E-state index < -0.39 is 45.8 Å². The molecule has 0 aliphatic carbocycles. The van der Waals surface area contributed by atoms with Gasteiger partial charge in [0.05, 0.1) is 11.5 Å². The number of urea groups is 1. The number of hydrogen-bond donors (Lipinski definition) is 2. The summed E-state index contributed by atoms with van der Waals surface area (Å²) in [5.41, 5.74) is -0.645. The molecule has 0 saturated carbocycles. The molecule has 4 rings (SSSR count). The average Bonchev–Trinajstić information content (AvgIpc) is 3.12. The van der Waals surface area contributed by atoms with Crippen LogP contribution in [0.3, 0.4) is 0 Å². The second-order valence-electron chi connectivity index (χ2n) is 7.64. The molecule has 4 amide bonds. The number of fused-ring (bicyclic) bond motifs is 1. The number of benzene rings is 2. The van der Waals surface area contributed by atoms with Crippen LogP contribution in [0.15, 0.2) is 42.5 Å². The Bertz CT molecular complexity index is 1120. The highest BCUT2D eigenvalue weighted by Gasteiger charge is 2.50. The molecule has 0 spiro atoms. The van der Waals surface area contributed by atoms with E-state index in [0.717, 1.165) is 15.7 Å². The standard InChI is InChI=1S/C20H21N3O5S/c1-20(16-8-4-6-13-5-2-3-7-15(13)16)18(25)23(19(26)22-20)11-17(24)21-14-9-10-29(27,28)12-14/h2-8,14H,9-12H2,1H3,(H,21,24)(H,22,26)/t14-,20+/m0/s1. The number of nitrogens with zero attached hydrogens (tertiary/aromatic N) is 1. The van der Waals surface area contributed by atoms with E-state index in [9.17, 15) is 22.8 Å². The molecule has 29 heavy (non-hydrogen) atoms. The Balaban J connectivity index is 1.55. The van der Waals surface area contributed by atoms with E-state index >= 15 is 0 Å². The predicted molar refractivity (Wildman–Crippen MR) is 107 cm³/mol. The predicted octanol–water partition coefficient (Wildman–Crippen LogP) is 0.910. The Hall–Kier alpha value is -2.94. The van der Waals surface area contributed by atoms with E-state index in [1.807, 2.05) is 36.4 Å². The maximum atomic E-state index is 13.1. The second kappa shape index (κ2) is 6.84. The van der Waals surface area contributed by atoms with Crippen molar-refractivity contribution in [3.8, 4) is 0 Å². The van der Waals surface area contributed by atoms with Gasteiger partial charge in [-0.3, -0.25) is 14.5 Å². The van der Waals surface area contributed by atoms with Crippen LogP contribution in [0.4, 0.5) is 4.79 Å². The molecule has 0 aromatic heterocycles. The molecule has 2 aliphatic rings. The van der Waals surface area contributed by atoms with Crippen LogP contribution in [0, 0.1) is 0 Å². The highest BCUT2D eigenvalue weighted by Crippen LogP contribution is 2.33. The minimum Gasteiger partial charge on any atom is -0.351 e. The van der Waals surface area contributed by atoms with Gasteiger partial charge in [0.1, 0.15) is 12.1 Å². The first kappa shape index (κ1) is 19.4. The van der Waals surface area contributed by atoms with Gasteiger partial charge in [-0.25, -0.2) is 13.2 Å². The lowest BCUT2D eigenvalue weighted by Crippen LogP contribution is -2.45. The first-order valence-corrected chi connectivity index (χ1v) is 11.1. The van der Waals surface area contributed by atoms with Crippen LogP contribution < -0.4 is 10.6 Å². The van der Waals surface area contributed by atoms with E-state index in [-0.39, 0.29) is 11.5 Å². The topological polar surface area (TPSA) is 113 Å². The normalized spacial score (nSPS) is 26.0. The smallest absolute Gasteiger partial charge is 0.325 e. The lowest BCUT2D eigenvalue weighted by Gasteiger charge is -2.24. The van der Waals surface area contributed by atoms with Gasteiger partial charge >= 0.3 is 6.03 Å². The van der Waals surface area contributed by atoms with Crippen molar-refractivity contribution in [2.45, 2.75) is 24.9 Å². The van der Waals surface area contributed by atoms with Gasteiger partial charge in [-0.1, -0.05) is 42.5 Å². The van der Waals surface area contributed by atoms with Crippen LogP contribution in [-0.2, 0) is 25.0 Å². The van der Waals surface area contributed by atoms with Crippen LogP contribution in [0.5, 0.6) is 0 Å². The van der Waals surface area contributed by atoms with Crippen LogP contribution in [0.1, 0.15) is 18.9 Å². The molecule has 8 nitrogen and oxygen atoms in total. The van der Waals surface area contributed by atoms with Crippen molar-refractivity contribution in [2.24, 2.45) is 0 Å². The maximum Gasteiger partial charge on any atom is 0.325 e. The Kier molecular flexibility index (Phi) is 4.57. The van der Waals surface area contributed by atoms with Crippen molar-refractivity contribution in [2.75, 3.05) is 18.1 Å². The van der Waals surface area contributed by atoms with E-state index in [2.05, 4.69) is 10.6 Å². The summed E-state index contributed by atoms with van der Waals surface area (Å²) in [6.45, 7) is 1.16. The van der Waals surface area contributed by atoms with Gasteiger partial charge < -0.3 is 10.6 Å². The molecular formula is C20H21N3O5S. The third-order valence-corrected chi connectivity index (χ3v) is 7.27. The molecule has 2 aromatic carbocycles. The van der Waals surface area contributed by atoms with Crippen molar-refractivity contribution in [3.05, 3.63) is 48.0 Å². The molecule has 152 valence electrons. The van der Waals surface area contributed by atoms with Crippen LogP contribution in [-0.4, -0.2) is 55.3 Å². The van der Waals surface area contributed by atoms with Crippen LogP contribution in [0.25, 0.3) is 10.8 Å². The number of nitrogens with one attached hydrogen (secondary N) is 2. The first-order valence-electron chi connectivity index (χ1n) is 9.32. The minimum atomic E-state index is -3.14. The number of sulfone groups is 1. The van der Waals surface area contributed by atoms with Gasteiger partial charge in [-0.2, -0.15) is 0 Å². The fourth-order valence-electron chi connectivity index (χ4n) is 4.01. The summed E-state index contributed by atoms with van der Waals surface area (Å²) >= 11 is 0. The molecule has 2 heterocycles. The molecular weight excluding hydrogens is 394 g/mol. The van der Waals surface area contributed by atoms with Gasteiger partial charge in [-0.05, 0) is 29.7 Å². The van der Waals surface area contributed by atoms with Crippen molar-refractivity contribution >= 4 is 38.5 Å². The number of carbonyl (C=O) groups is 3. The molecule has 2 N–H and O–H groups in total. The third-order valence-electron chi connectivity index (χ3n) is 5.50. The number of rotatable bonds is 4. The number of carbonyl (C=O) groups excluding carboxylic acids is 3. The Morgan fingerprint density at radius 1 is 1.21 bits per heavy atom. The Labute approximate surface area is 168 Å². The number of amides is 4. The van der Waals surface area contributed by atoms with Crippen molar-refractivity contribution in [3.63, 3.8) is 0 Å². The molecule has 9 heteroatoms. The van der Waals surface area contributed by atoms with E-state index in [1.54, 1.807) is 13.0 Å². The van der Waals surface area contributed by atoms with Gasteiger partial charge in [0, 0.05) is 6.04 Å². The molecule has 2 atom stereocenters. The summed E-state index contributed by atoms with van der Waals surface area (Å²) in [7, 11) is -3.14. The maximum absolute atomic E-state index is 13.1. The molecule has 2 saturated heterocycles. The largest absolute Gasteiger partial charge is 0.351 e. The van der Waals surface area contributed by atoms with Gasteiger partial charge in [-0.15, -0.1) is 0 Å². The summed E-state index contributed by atoms with van der Waals surface area (Å²) in [5, 5.41) is 7.10. The molecule has 2 aliphatic heterocycles. The molecule has 2 aromatic rings. The van der Waals surface area contributed by atoms with Crippen LogP contribution in [0.2, 0.25) is 0 Å². The highest BCUT2D eigenvalue weighted by atomic mass is 32.2. The number of imide groups is 1. The van der Waals surface area contributed by atoms with E-state index in [1.165, 1.54) is 0 Å². The monoisotopic (exact) mass is 415 g/mol. The first-order chi connectivity index (χ1) is 13.7. The van der Waals surface area contributed by atoms with Crippen LogP contribution >= 0.6 is 0 Å². The Morgan fingerprint density at radius 3 is 2.66 bits per heavy atom. The lowest BCUT2D eigenvalue weighted by molar-refractivity contribution is -0.135. The van der Waals surface area contributed by atoms with Gasteiger partial charge in [0.25, 0.3) is 5.91 Å². The molecule has 0 radical (unpaired) electrons. The van der Waals surface area contributed by atoms with Gasteiger partial charge in [0.15, 0.2) is 9.84 Å². The highest BCUT2D eigenvalue weighted by molar-refractivity contribution is 7.91. The molecule has 0 bridgehead atoms. The zero-order valence-corrected chi connectivity index (χ0v) is 16.7. The van der Waals surface area contributed by atoms with Crippen molar-refractivity contribution in [1.29, 1.82) is 0 Å². The number of hydrogen-bond acceptors (Lipinski definition) is 5. The molecule has 0 unspecified atom stereocenters. The van der Waals surface area contributed by atoms with Gasteiger partial charge in [0.2, 0.25) is 5.91 Å². The van der Waals surface area contributed by atoms with Crippen molar-refractivity contribution in [1.82, 2.24) is 15.5 Å². The fourth-order valence-corrected chi connectivity index (χ4v) is 5.68. The van der Waals surface area contributed by atoms with E-state index in [0.29, 0.717) is 12.0 Å². The quantitative estimate of drug-likeness (QED) is 0.721. The summed E-state index contributed by atoms with van der Waals surface area (Å²) < 4.78 is 23.1. The third kappa shape index (κ3) is 3.46. The fraction of sp³-hybridized carbons (Fsp3) is 0.350.